The lowest BCUT2D eigenvalue weighted by Crippen LogP contribution is -2.13. The van der Waals surface area contributed by atoms with Crippen LogP contribution in [0.5, 0.6) is 0 Å². The largest absolute Gasteiger partial charge is 0.326 e. The predicted molar refractivity (Wildman–Crippen MR) is 125 cm³/mol. The highest BCUT2D eigenvalue weighted by Crippen LogP contribution is 2.26. The van der Waals surface area contributed by atoms with E-state index in [1.54, 1.807) is 31.2 Å². The Labute approximate surface area is 189 Å². The monoisotopic (exact) mass is 496 g/mol. The molecule has 2 heterocycles. The minimum absolute atomic E-state index is 0.150. The Morgan fingerprint density at radius 3 is 2.52 bits per heavy atom. The number of nitrogens with one attached hydrogen (secondary N) is 2. The Balaban J connectivity index is 1.58. The third-order valence-electron chi connectivity index (χ3n) is 4.32. The molecule has 0 radical (unpaired) electrons. The molecule has 31 heavy (non-hydrogen) atoms. The molecule has 0 aliphatic rings. The van der Waals surface area contributed by atoms with E-state index in [2.05, 4.69) is 41.6 Å². The number of rotatable bonds is 5. The highest BCUT2D eigenvalue weighted by Gasteiger charge is 2.15. The molecule has 2 N–H and O–H groups in total. The van der Waals surface area contributed by atoms with Gasteiger partial charge in [-0.2, -0.15) is 9.80 Å². The van der Waals surface area contributed by atoms with Gasteiger partial charge in [-0.3, -0.25) is 14.7 Å². The van der Waals surface area contributed by atoms with Crippen molar-refractivity contribution in [2.75, 3.05) is 5.32 Å². The molecule has 0 aliphatic heterocycles. The van der Waals surface area contributed by atoms with E-state index in [1.165, 1.54) is 22.9 Å². The number of aromatic amines is 1. The third kappa shape index (κ3) is 4.70. The van der Waals surface area contributed by atoms with Gasteiger partial charge >= 0.3 is 5.56 Å². The standard InChI is InChI=1S/C21H17BrN6O2S/c1-12-19(26-25-17-9-7-16(8-10-17)23-13(2)29)20(30)28(27-12)21-24-18(11-31-21)14-3-5-15(22)6-4-14/h3-11,27H,1-2H3,(H,23,29). The maximum absolute atomic E-state index is 12.9. The Morgan fingerprint density at radius 1 is 1.13 bits per heavy atom. The van der Waals surface area contributed by atoms with E-state index >= 15 is 0 Å². The van der Waals surface area contributed by atoms with Gasteiger partial charge in [0.1, 0.15) is 0 Å². The molecule has 0 aliphatic carbocycles. The van der Waals surface area contributed by atoms with Crippen molar-refractivity contribution in [1.29, 1.82) is 0 Å². The van der Waals surface area contributed by atoms with Gasteiger partial charge in [-0.25, -0.2) is 4.98 Å². The molecule has 2 aromatic carbocycles. The summed E-state index contributed by atoms with van der Waals surface area (Å²) < 4.78 is 2.36. The van der Waals surface area contributed by atoms with Crippen LogP contribution in [-0.2, 0) is 4.79 Å². The predicted octanol–water partition coefficient (Wildman–Crippen LogP) is 5.73. The topological polar surface area (TPSA) is 104 Å². The van der Waals surface area contributed by atoms with Gasteiger partial charge in [-0.05, 0) is 43.3 Å². The maximum atomic E-state index is 12.9. The molecule has 0 atom stereocenters. The molecule has 0 spiro atoms. The first kappa shape index (κ1) is 20.9. The normalized spacial score (nSPS) is 11.2. The van der Waals surface area contributed by atoms with Crippen molar-refractivity contribution >= 4 is 50.2 Å². The van der Waals surface area contributed by atoms with E-state index < -0.39 is 0 Å². The second-order valence-corrected chi connectivity index (χ2v) is 8.43. The Kier molecular flexibility index (Phi) is 5.92. The average molecular weight is 497 g/mol. The summed E-state index contributed by atoms with van der Waals surface area (Å²) in [7, 11) is 0. The lowest BCUT2D eigenvalue weighted by Gasteiger charge is -2.00. The molecular formula is C21H17BrN6O2S. The number of aromatic nitrogens is 3. The van der Waals surface area contributed by atoms with E-state index in [0.717, 1.165) is 15.7 Å². The van der Waals surface area contributed by atoms with Crippen LogP contribution in [-0.4, -0.2) is 20.7 Å². The minimum atomic E-state index is -0.326. The van der Waals surface area contributed by atoms with Crippen molar-refractivity contribution < 1.29 is 4.79 Å². The van der Waals surface area contributed by atoms with Crippen molar-refractivity contribution in [3.8, 4) is 16.4 Å². The summed E-state index contributed by atoms with van der Waals surface area (Å²) in [5, 5.41) is 16.4. The van der Waals surface area contributed by atoms with Crippen molar-refractivity contribution in [2.45, 2.75) is 13.8 Å². The number of aryl methyl sites for hydroxylation is 1. The van der Waals surface area contributed by atoms with Gasteiger partial charge in [-0.1, -0.05) is 28.1 Å². The molecule has 4 rings (SSSR count). The summed E-state index contributed by atoms with van der Waals surface area (Å²) in [5.74, 6) is -0.150. The SMILES string of the molecule is CC(=O)Nc1ccc(N=Nc2c(C)[nH]n(-c3nc(-c4ccc(Br)cc4)cs3)c2=O)cc1. The number of azo groups is 1. The number of anilines is 1. The zero-order valence-corrected chi connectivity index (χ0v) is 19.0. The smallest absolute Gasteiger partial charge is 0.301 e. The van der Waals surface area contributed by atoms with Crippen LogP contribution < -0.4 is 10.9 Å². The number of halogens is 1. The van der Waals surface area contributed by atoms with Crippen LogP contribution in [0.2, 0.25) is 0 Å². The van der Waals surface area contributed by atoms with Crippen LogP contribution in [0, 0.1) is 6.92 Å². The van der Waals surface area contributed by atoms with Crippen LogP contribution in [0.1, 0.15) is 12.6 Å². The molecule has 0 fully saturated rings. The number of amides is 1. The molecule has 156 valence electrons. The van der Waals surface area contributed by atoms with Gasteiger partial charge in [0.05, 0.1) is 17.1 Å². The van der Waals surface area contributed by atoms with Crippen molar-refractivity contribution in [3.63, 3.8) is 0 Å². The molecule has 0 unspecified atom stereocenters. The molecule has 8 nitrogen and oxygen atoms in total. The summed E-state index contributed by atoms with van der Waals surface area (Å²) in [6.07, 6.45) is 0. The fourth-order valence-electron chi connectivity index (χ4n) is 2.83. The first-order valence-corrected chi connectivity index (χ1v) is 10.9. The zero-order valence-electron chi connectivity index (χ0n) is 16.6. The summed E-state index contributed by atoms with van der Waals surface area (Å²) in [5.41, 5.74) is 3.45. The van der Waals surface area contributed by atoms with Crippen molar-refractivity contribution in [3.05, 3.63) is 74.4 Å². The number of hydrogen-bond acceptors (Lipinski definition) is 6. The second-order valence-electron chi connectivity index (χ2n) is 6.68. The summed E-state index contributed by atoms with van der Waals surface area (Å²) >= 11 is 4.78. The number of hydrogen-bond donors (Lipinski definition) is 2. The van der Waals surface area contributed by atoms with Crippen LogP contribution in [0.4, 0.5) is 17.1 Å². The van der Waals surface area contributed by atoms with E-state index in [-0.39, 0.29) is 17.2 Å². The van der Waals surface area contributed by atoms with Gasteiger partial charge in [0.2, 0.25) is 11.0 Å². The first-order valence-electron chi connectivity index (χ1n) is 9.23. The number of nitrogens with zero attached hydrogens (tertiary/aromatic N) is 4. The van der Waals surface area contributed by atoms with Gasteiger partial charge < -0.3 is 5.32 Å². The molecule has 0 saturated carbocycles. The Hall–Kier alpha value is -3.37. The summed E-state index contributed by atoms with van der Waals surface area (Å²) in [6, 6.07) is 14.7. The number of thiazole rings is 1. The van der Waals surface area contributed by atoms with E-state index in [9.17, 15) is 9.59 Å². The highest BCUT2D eigenvalue weighted by atomic mass is 79.9. The lowest BCUT2D eigenvalue weighted by atomic mass is 10.2. The van der Waals surface area contributed by atoms with Gasteiger partial charge in [-0.15, -0.1) is 16.5 Å². The Bertz CT molecular complexity index is 1320. The van der Waals surface area contributed by atoms with Crippen molar-refractivity contribution in [2.24, 2.45) is 10.2 Å². The minimum Gasteiger partial charge on any atom is -0.326 e. The van der Waals surface area contributed by atoms with Crippen molar-refractivity contribution in [1.82, 2.24) is 14.8 Å². The molecular weight excluding hydrogens is 480 g/mol. The summed E-state index contributed by atoms with van der Waals surface area (Å²) in [6.45, 7) is 3.20. The maximum Gasteiger partial charge on any atom is 0.301 e. The second kappa shape index (κ2) is 8.78. The number of H-pyrrole nitrogens is 1. The molecule has 1 amide bonds. The number of benzene rings is 2. The zero-order chi connectivity index (χ0) is 22.0. The Morgan fingerprint density at radius 2 is 1.84 bits per heavy atom. The van der Waals surface area contributed by atoms with Crippen LogP contribution in [0.25, 0.3) is 16.4 Å². The van der Waals surface area contributed by atoms with Crippen LogP contribution >= 0.6 is 27.3 Å². The van der Waals surface area contributed by atoms with Gasteiger partial charge in [0.25, 0.3) is 0 Å². The van der Waals surface area contributed by atoms with Crippen LogP contribution in [0.15, 0.2) is 73.4 Å². The fourth-order valence-corrected chi connectivity index (χ4v) is 3.89. The third-order valence-corrected chi connectivity index (χ3v) is 5.67. The average Bonchev–Trinajstić information content (AvgIpc) is 3.33. The number of carbonyl (C=O) groups is 1. The van der Waals surface area contributed by atoms with E-state index in [0.29, 0.717) is 22.2 Å². The molecule has 4 aromatic rings. The van der Waals surface area contributed by atoms with E-state index in [1.807, 2.05) is 29.6 Å². The molecule has 10 heteroatoms. The molecule has 2 aromatic heterocycles. The molecule has 0 saturated heterocycles. The fraction of sp³-hybridized carbons (Fsp3) is 0.0952. The van der Waals surface area contributed by atoms with Gasteiger partial charge in [0.15, 0.2) is 5.69 Å². The van der Waals surface area contributed by atoms with Gasteiger partial charge in [0, 0.05) is 28.0 Å². The summed E-state index contributed by atoms with van der Waals surface area (Å²) in [4.78, 5) is 28.5. The van der Waals surface area contributed by atoms with E-state index in [4.69, 9.17) is 0 Å². The first-order chi connectivity index (χ1) is 14.9. The lowest BCUT2D eigenvalue weighted by molar-refractivity contribution is -0.114. The highest BCUT2D eigenvalue weighted by molar-refractivity contribution is 9.10. The van der Waals surface area contributed by atoms with Crippen LogP contribution in [0.3, 0.4) is 0 Å². The number of carbonyl (C=O) groups excluding carboxylic acids is 1. The molecule has 0 bridgehead atoms. The quantitative estimate of drug-likeness (QED) is 0.344.